The van der Waals surface area contributed by atoms with E-state index in [1.807, 2.05) is 0 Å². The molecule has 1 aromatic rings. The van der Waals surface area contributed by atoms with Gasteiger partial charge >= 0.3 is 5.84 Å². The lowest BCUT2D eigenvalue weighted by atomic mass is 10.1. The lowest BCUT2D eigenvalue weighted by Crippen LogP contribution is -3.13. The van der Waals surface area contributed by atoms with Gasteiger partial charge in [-0.1, -0.05) is 76.3 Å². The Labute approximate surface area is 155 Å². The van der Waals surface area contributed by atoms with Gasteiger partial charge in [-0.25, -0.2) is 4.90 Å². The Kier molecular flexibility index (Phi) is 11.0. The standard InChI is InChI=1S/C21H35N2.ClH/c1-3-5-7-8-12-15-21-22(16-6-4-2)17-18-23(21)19-20-13-10-9-11-14-20;/h9-11,13-14H,3-8,12,15-19H2,1-2H3;1H/q+1;. The summed E-state index contributed by atoms with van der Waals surface area (Å²) < 4.78 is 2.67. The molecule has 3 heteroatoms. The smallest absolute Gasteiger partial charge is 0.337 e. The summed E-state index contributed by atoms with van der Waals surface area (Å²) in [6, 6.07) is 11.0. The van der Waals surface area contributed by atoms with Crippen LogP contribution in [0.2, 0.25) is 0 Å². The number of benzene rings is 1. The molecule has 0 aromatic heterocycles. The Bertz CT molecular complexity index is 470. The minimum absolute atomic E-state index is 0. The van der Waals surface area contributed by atoms with Crippen LogP contribution < -0.4 is 17.3 Å². The highest BCUT2D eigenvalue weighted by atomic mass is 35.5. The molecule has 0 saturated heterocycles. The molecule has 0 radical (unpaired) electrons. The zero-order valence-electron chi connectivity index (χ0n) is 15.7. The molecular weight excluding hydrogens is 316 g/mol. The number of hydrogen-bond acceptors (Lipinski definition) is 0. The molecule has 2 nitrogen and oxygen atoms in total. The summed E-state index contributed by atoms with van der Waals surface area (Å²) in [5.74, 6) is 1.69. The number of nitrogens with zero attached hydrogens (tertiary/aromatic N) is 1. The van der Waals surface area contributed by atoms with Gasteiger partial charge in [0.05, 0.1) is 13.0 Å². The van der Waals surface area contributed by atoms with Crippen molar-refractivity contribution in [2.24, 2.45) is 0 Å². The Morgan fingerprint density at radius 2 is 1.62 bits per heavy atom. The summed E-state index contributed by atoms with van der Waals surface area (Å²) in [5, 5.41) is 0. The van der Waals surface area contributed by atoms with Crippen LogP contribution in [0.1, 0.15) is 70.8 Å². The molecule has 2 rings (SSSR count). The number of halogens is 1. The molecule has 1 N–H and O–H groups in total. The number of rotatable bonds is 11. The predicted octanol–water partition coefficient (Wildman–Crippen LogP) is 0.661. The maximum absolute atomic E-state index is 2.67. The first-order chi connectivity index (χ1) is 11.3. The first-order valence-corrected chi connectivity index (χ1v) is 9.85. The molecule has 136 valence electrons. The fourth-order valence-corrected chi connectivity index (χ4v) is 3.64. The van der Waals surface area contributed by atoms with Gasteiger partial charge in [-0.15, -0.1) is 0 Å². The SMILES string of the molecule is CCCCCCCC1=[N+](Cc2ccccc2)CC[NH+]1CCCC.[Cl-]. The third-order valence-corrected chi connectivity index (χ3v) is 5.04. The molecule has 1 heterocycles. The van der Waals surface area contributed by atoms with Crippen LogP contribution in [-0.4, -0.2) is 30.0 Å². The van der Waals surface area contributed by atoms with E-state index in [9.17, 15) is 0 Å². The summed E-state index contributed by atoms with van der Waals surface area (Å²) in [6.45, 7) is 9.56. The van der Waals surface area contributed by atoms with Crippen molar-refractivity contribution >= 4 is 5.84 Å². The fraction of sp³-hybridized carbons (Fsp3) is 0.667. The van der Waals surface area contributed by atoms with Crippen molar-refractivity contribution in [2.75, 3.05) is 19.6 Å². The molecule has 24 heavy (non-hydrogen) atoms. The van der Waals surface area contributed by atoms with E-state index in [-0.39, 0.29) is 12.4 Å². The van der Waals surface area contributed by atoms with Crippen LogP contribution in [-0.2, 0) is 6.54 Å². The van der Waals surface area contributed by atoms with Gasteiger partial charge in [0, 0.05) is 5.56 Å². The fourth-order valence-electron chi connectivity index (χ4n) is 3.64. The van der Waals surface area contributed by atoms with Crippen LogP contribution in [0.25, 0.3) is 0 Å². The first kappa shape index (κ1) is 21.2. The van der Waals surface area contributed by atoms with E-state index in [2.05, 4.69) is 48.8 Å². The van der Waals surface area contributed by atoms with Gasteiger partial charge in [0.15, 0.2) is 13.1 Å². The highest BCUT2D eigenvalue weighted by Gasteiger charge is 2.33. The number of nitrogens with one attached hydrogen (secondary N) is 1. The van der Waals surface area contributed by atoms with E-state index in [1.54, 1.807) is 10.7 Å². The summed E-state index contributed by atoms with van der Waals surface area (Å²) in [4.78, 5) is 1.76. The van der Waals surface area contributed by atoms with Crippen LogP contribution in [0.5, 0.6) is 0 Å². The van der Waals surface area contributed by atoms with E-state index in [0.29, 0.717) is 0 Å². The Hall–Kier alpha value is -0.860. The van der Waals surface area contributed by atoms with Gasteiger partial charge in [0.25, 0.3) is 0 Å². The van der Waals surface area contributed by atoms with Crippen LogP contribution >= 0.6 is 0 Å². The van der Waals surface area contributed by atoms with Crippen molar-refractivity contribution in [2.45, 2.75) is 71.8 Å². The number of quaternary nitrogens is 1. The second kappa shape index (κ2) is 12.5. The van der Waals surface area contributed by atoms with Crippen molar-refractivity contribution in [1.29, 1.82) is 0 Å². The van der Waals surface area contributed by atoms with Gasteiger partial charge in [-0.2, -0.15) is 4.58 Å². The molecule has 0 amide bonds. The molecule has 0 aliphatic carbocycles. The minimum atomic E-state index is 0. The second-order valence-corrected chi connectivity index (χ2v) is 6.98. The molecule has 0 spiro atoms. The Morgan fingerprint density at radius 1 is 0.917 bits per heavy atom. The summed E-state index contributed by atoms with van der Waals surface area (Å²) in [7, 11) is 0. The van der Waals surface area contributed by atoms with Crippen molar-refractivity contribution in [3.63, 3.8) is 0 Å². The highest BCUT2D eigenvalue weighted by Crippen LogP contribution is 2.07. The third kappa shape index (κ3) is 6.94. The van der Waals surface area contributed by atoms with E-state index < -0.39 is 0 Å². The van der Waals surface area contributed by atoms with Crippen molar-refractivity contribution in [3.8, 4) is 0 Å². The number of hydrogen-bond donors (Lipinski definition) is 1. The summed E-state index contributed by atoms with van der Waals surface area (Å²) >= 11 is 0. The minimum Gasteiger partial charge on any atom is -1.00 e. The average molecular weight is 352 g/mol. The normalized spacial score (nSPS) is 17.2. The molecule has 1 aromatic carbocycles. The predicted molar refractivity (Wildman–Crippen MR) is 99.3 cm³/mol. The van der Waals surface area contributed by atoms with Crippen LogP contribution in [0, 0.1) is 0 Å². The van der Waals surface area contributed by atoms with Crippen LogP contribution in [0.3, 0.4) is 0 Å². The lowest BCUT2D eigenvalue weighted by Gasteiger charge is -2.10. The topological polar surface area (TPSA) is 7.45 Å². The largest absolute Gasteiger partial charge is 1.00 e. The lowest BCUT2D eigenvalue weighted by molar-refractivity contribution is -0.803. The molecular formula is C21H36ClN2+. The molecule has 1 aliphatic heterocycles. The van der Waals surface area contributed by atoms with Crippen molar-refractivity contribution in [3.05, 3.63) is 35.9 Å². The molecule has 0 fully saturated rings. The van der Waals surface area contributed by atoms with Crippen LogP contribution in [0.4, 0.5) is 0 Å². The number of unbranched alkanes of at least 4 members (excludes halogenated alkanes) is 5. The molecule has 1 aliphatic rings. The van der Waals surface area contributed by atoms with Gasteiger partial charge < -0.3 is 12.4 Å². The Balaban J connectivity index is 0.00000288. The van der Waals surface area contributed by atoms with Gasteiger partial charge in [0.2, 0.25) is 0 Å². The summed E-state index contributed by atoms with van der Waals surface area (Å²) in [6.07, 6.45) is 10.9. The quantitative estimate of drug-likeness (QED) is 0.442. The molecule has 0 bridgehead atoms. The van der Waals surface area contributed by atoms with E-state index in [1.165, 1.54) is 76.6 Å². The first-order valence-electron chi connectivity index (χ1n) is 9.85. The van der Waals surface area contributed by atoms with Gasteiger partial charge in [-0.05, 0) is 12.8 Å². The van der Waals surface area contributed by atoms with Gasteiger partial charge in [0.1, 0.15) is 6.54 Å². The zero-order chi connectivity index (χ0) is 16.3. The average Bonchev–Trinajstić information content (AvgIpc) is 2.95. The van der Waals surface area contributed by atoms with Gasteiger partial charge in [-0.3, -0.25) is 0 Å². The molecule has 1 atom stereocenters. The summed E-state index contributed by atoms with van der Waals surface area (Å²) in [5.41, 5.74) is 1.45. The van der Waals surface area contributed by atoms with E-state index in [4.69, 9.17) is 0 Å². The maximum Gasteiger partial charge on any atom is 0.337 e. The highest BCUT2D eigenvalue weighted by molar-refractivity contribution is 5.68. The van der Waals surface area contributed by atoms with E-state index in [0.717, 1.165) is 6.54 Å². The van der Waals surface area contributed by atoms with E-state index >= 15 is 0 Å². The monoisotopic (exact) mass is 351 g/mol. The third-order valence-electron chi connectivity index (χ3n) is 5.04. The zero-order valence-corrected chi connectivity index (χ0v) is 16.5. The van der Waals surface area contributed by atoms with Crippen molar-refractivity contribution < 1.29 is 21.9 Å². The van der Waals surface area contributed by atoms with Crippen molar-refractivity contribution in [1.82, 2.24) is 0 Å². The Morgan fingerprint density at radius 3 is 2.33 bits per heavy atom. The molecule has 1 unspecified atom stereocenters. The second-order valence-electron chi connectivity index (χ2n) is 6.98. The maximum atomic E-state index is 2.67. The number of amidine groups is 1. The molecule has 0 saturated carbocycles. The van der Waals surface area contributed by atoms with Crippen LogP contribution in [0.15, 0.2) is 30.3 Å².